The number of nitrogens with zero attached hydrogens (tertiary/aromatic N) is 2. The second-order valence-electron chi connectivity index (χ2n) is 6.34. The Balaban J connectivity index is 1.85. The minimum absolute atomic E-state index is 0.0671. The Hall–Kier alpha value is -1.29. The van der Waals surface area contributed by atoms with Crippen molar-refractivity contribution in [3.05, 3.63) is 24.0 Å². The van der Waals surface area contributed by atoms with Gasteiger partial charge < -0.3 is 14.6 Å². The SMILES string of the molecule is CC(C)(O)C1CCCN1C(=O)c1cccn1C1CC1. The van der Waals surface area contributed by atoms with E-state index in [1.807, 2.05) is 23.2 Å². The Kier molecular flexibility index (Phi) is 2.93. The lowest BCUT2D eigenvalue weighted by Gasteiger charge is -2.34. The number of rotatable bonds is 3. The van der Waals surface area contributed by atoms with Crippen LogP contribution in [0.25, 0.3) is 0 Å². The van der Waals surface area contributed by atoms with Gasteiger partial charge in [0.2, 0.25) is 0 Å². The van der Waals surface area contributed by atoms with Crippen molar-refractivity contribution in [3.8, 4) is 0 Å². The van der Waals surface area contributed by atoms with Crippen LogP contribution in [0.1, 0.15) is 56.1 Å². The van der Waals surface area contributed by atoms with Gasteiger partial charge in [0, 0.05) is 18.8 Å². The van der Waals surface area contributed by atoms with Crippen LogP contribution < -0.4 is 0 Å². The molecule has 1 atom stereocenters. The van der Waals surface area contributed by atoms with Crippen molar-refractivity contribution in [1.82, 2.24) is 9.47 Å². The van der Waals surface area contributed by atoms with E-state index in [4.69, 9.17) is 0 Å². The van der Waals surface area contributed by atoms with E-state index in [1.54, 1.807) is 13.8 Å². The first-order chi connectivity index (χ1) is 8.98. The molecule has 2 aliphatic rings. The van der Waals surface area contributed by atoms with Gasteiger partial charge in [0.05, 0.1) is 11.6 Å². The van der Waals surface area contributed by atoms with E-state index in [9.17, 15) is 9.90 Å². The Morgan fingerprint density at radius 2 is 2.11 bits per heavy atom. The molecule has 1 aromatic rings. The fourth-order valence-corrected chi connectivity index (χ4v) is 3.14. The number of aliphatic hydroxyl groups is 1. The standard InChI is InChI=1S/C15H22N2O2/c1-15(2,19)13-6-4-10-17(13)14(18)12-5-3-9-16(12)11-7-8-11/h3,5,9,11,13,19H,4,6-8,10H2,1-2H3. The fourth-order valence-electron chi connectivity index (χ4n) is 3.14. The summed E-state index contributed by atoms with van der Waals surface area (Å²) in [6, 6.07) is 4.29. The van der Waals surface area contributed by atoms with E-state index in [0.29, 0.717) is 6.04 Å². The first kappa shape index (κ1) is 12.7. The molecule has 1 aliphatic heterocycles. The molecule has 1 aliphatic carbocycles. The molecule has 3 rings (SSSR count). The molecule has 0 spiro atoms. The van der Waals surface area contributed by atoms with Crippen LogP contribution in [0.3, 0.4) is 0 Å². The molecular weight excluding hydrogens is 240 g/mol. The first-order valence-electron chi connectivity index (χ1n) is 7.18. The zero-order valence-electron chi connectivity index (χ0n) is 11.7. The van der Waals surface area contributed by atoms with Gasteiger partial charge in [0.1, 0.15) is 5.69 Å². The Labute approximate surface area is 114 Å². The van der Waals surface area contributed by atoms with E-state index in [0.717, 1.165) is 25.1 Å². The van der Waals surface area contributed by atoms with Crippen LogP contribution >= 0.6 is 0 Å². The van der Waals surface area contributed by atoms with Crippen molar-refractivity contribution in [2.45, 2.75) is 57.2 Å². The lowest BCUT2D eigenvalue weighted by Crippen LogP contribution is -2.48. The second-order valence-corrected chi connectivity index (χ2v) is 6.34. The van der Waals surface area contributed by atoms with Crippen LogP contribution in [0.2, 0.25) is 0 Å². The van der Waals surface area contributed by atoms with Gasteiger partial charge in [0.25, 0.3) is 5.91 Å². The summed E-state index contributed by atoms with van der Waals surface area (Å²) in [5, 5.41) is 10.2. The average Bonchev–Trinajstić information content (AvgIpc) is 2.91. The summed E-state index contributed by atoms with van der Waals surface area (Å²) in [5.41, 5.74) is -0.0537. The van der Waals surface area contributed by atoms with Gasteiger partial charge in [-0.1, -0.05) is 0 Å². The molecule has 0 aromatic carbocycles. The topological polar surface area (TPSA) is 45.5 Å². The number of aromatic nitrogens is 1. The number of likely N-dealkylation sites (tertiary alicyclic amines) is 1. The highest BCUT2D eigenvalue weighted by Crippen LogP contribution is 2.37. The molecular formula is C15H22N2O2. The van der Waals surface area contributed by atoms with Gasteiger partial charge in [-0.3, -0.25) is 4.79 Å². The molecule has 0 radical (unpaired) electrons. The van der Waals surface area contributed by atoms with E-state index in [2.05, 4.69) is 4.57 Å². The van der Waals surface area contributed by atoms with Crippen molar-refractivity contribution >= 4 is 5.91 Å². The minimum Gasteiger partial charge on any atom is -0.388 e. The number of hydrogen-bond acceptors (Lipinski definition) is 2. The largest absolute Gasteiger partial charge is 0.388 e. The lowest BCUT2D eigenvalue weighted by atomic mass is 9.96. The molecule has 4 nitrogen and oxygen atoms in total. The van der Waals surface area contributed by atoms with Gasteiger partial charge in [0.15, 0.2) is 0 Å². The minimum atomic E-state index is -0.830. The van der Waals surface area contributed by atoms with Crippen molar-refractivity contribution in [2.24, 2.45) is 0 Å². The summed E-state index contributed by atoms with van der Waals surface area (Å²) in [7, 11) is 0. The zero-order chi connectivity index (χ0) is 13.6. The molecule has 2 heterocycles. The third-order valence-electron chi connectivity index (χ3n) is 4.27. The van der Waals surface area contributed by atoms with E-state index in [-0.39, 0.29) is 11.9 Å². The smallest absolute Gasteiger partial charge is 0.270 e. The Morgan fingerprint density at radius 3 is 2.74 bits per heavy atom. The second kappa shape index (κ2) is 4.37. The number of hydrogen-bond donors (Lipinski definition) is 1. The van der Waals surface area contributed by atoms with Crippen molar-refractivity contribution in [1.29, 1.82) is 0 Å². The summed E-state index contributed by atoms with van der Waals surface area (Å²) in [6.07, 6.45) is 6.21. The van der Waals surface area contributed by atoms with Crippen molar-refractivity contribution < 1.29 is 9.90 Å². The van der Waals surface area contributed by atoms with Crippen LogP contribution in [0.15, 0.2) is 18.3 Å². The first-order valence-corrected chi connectivity index (χ1v) is 7.18. The third-order valence-corrected chi connectivity index (χ3v) is 4.27. The fraction of sp³-hybridized carbons (Fsp3) is 0.667. The molecule has 2 fully saturated rings. The van der Waals surface area contributed by atoms with Crippen LogP contribution in [-0.2, 0) is 0 Å². The van der Waals surface area contributed by atoms with Gasteiger partial charge in [-0.15, -0.1) is 0 Å². The predicted molar refractivity (Wildman–Crippen MR) is 73.1 cm³/mol. The zero-order valence-corrected chi connectivity index (χ0v) is 11.7. The van der Waals surface area contributed by atoms with Crippen LogP contribution in [0, 0.1) is 0 Å². The van der Waals surface area contributed by atoms with E-state index >= 15 is 0 Å². The van der Waals surface area contributed by atoms with Crippen molar-refractivity contribution in [3.63, 3.8) is 0 Å². The highest BCUT2D eigenvalue weighted by Gasteiger charge is 2.40. The van der Waals surface area contributed by atoms with Gasteiger partial charge in [-0.25, -0.2) is 0 Å². The number of amides is 1. The Bertz CT molecular complexity index is 483. The summed E-state index contributed by atoms with van der Waals surface area (Å²) in [6.45, 7) is 4.34. The normalized spacial score (nSPS) is 23.9. The summed E-state index contributed by atoms with van der Waals surface area (Å²) in [5.74, 6) is 0.0709. The van der Waals surface area contributed by atoms with Gasteiger partial charge in [-0.2, -0.15) is 0 Å². The van der Waals surface area contributed by atoms with Gasteiger partial charge in [-0.05, 0) is 51.7 Å². The van der Waals surface area contributed by atoms with Crippen molar-refractivity contribution in [2.75, 3.05) is 6.54 Å². The molecule has 0 bridgehead atoms. The lowest BCUT2D eigenvalue weighted by molar-refractivity contribution is -0.0000600. The number of carbonyl (C=O) groups excluding carboxylic acids is 1. The molecule has 104 valence electrons. The maximum atomic E-state index is 12.7. The number of carbonyl (C=O) groups is 1. The molecule has 1 N–H and O–H groups in total. The molecule has 1 aromatic heterocycles. The van der Waals surface area contributed by atoms with E-state index in [1.165, 1.54) is 12.8 Å². The molecule has 1 saturated carbocycles. The van der Waals surface area contributed by atoms with Crippen LogP contribution in [0.5, 0.6) is 0 Å². The molecule has 1 unspecified atom stereocenters. The third kappa shape index (κ3) is 2.29. The van der Waals surface area contributed by atoms with Crippen LogP contribution in [0.4, 0.5) is 0 Å². The molecule has 19 heavy (non-hydrogen) atoms. The molecule has 4 heteroatoms. The quantitative estimate of drug-likeness (QED) is 0.907. The summed E-state index contributed by atoms with van der Waals surface area (Å²) < 4.78 is 2.10. The average molecular weight is 262 g/mol. The highest BCUT2D eigenvalue weighted by molar-refractivity contribution is 5.93. The molecule has 1 amide bonds. The predicted octanol–water partition coefficient (Wildman–Crippen LogP) is 2.20. The maximum absolute atomic E-state index is 12.7. The molecule has 1 saturated heterocycles. The Morgan fingerprint density at radius 1 is 1.37 bits per heavy atom. The highest BCUT2D eigenvalue weighted by atomic mass is 16.3. The maximum Gasteiger partial charge on any atom is 0.270 e. The van der Waals surface area contributed by atoms with E-state index < -0.39 is 5.60 Å². The van der Waals surface area contributed by atoms with Gasteiger partial charge >= 0.3 is 0 Å². The van der Waals surface area contributed by atoms with Crippen LogP contribution in [-0.4, -0.2) is 38.7 Å². The monoisotopic (exact) mass is 262 g/mol. The summed E-state index contributed by atoms with van der Waals surface area (Å²) >= 11 is 0. The summed E-state index contributed by atoms with van der Waals surface area (Å²) in [4.78, 5) is 14.6.